The average Bonchev–Trinajstić information content (AvgIpc) is 2.12. The quantitative estimate of drug-likeness (QED) is 0.563. The molecule has 13 heavy (non-hydrogen) atoms. The van der Waals surface area contributed by atoms with Crippen molar-refractivity contribution in [2.75, 3.05) is 20.8 Å². The Bertz CT molecular complexity index is 162. The average molecular weight is 188 g/mol. The van der Waals surface area contributed by atoms with Crippen LogP contribution in [0.15, 0.2) is 0 Å². The second-order valence-corrected chi connectivity index (χ2v) is 3.40. The van der Waals surface area contributed by atoms with Crippen LogP contribution >= 0.6 is 0 Å². The summed E-state index contributed by atoms with van der Waals surface area (Å²) < 4.78 is 4.91. The molecule has 4 nitrogen and oxygen atoms in total. The molecule has 0 saturated heterocycles. The third-order valence-corrected chi connectivity index (χ3v) is 2.37. The summed E-state index contributed by atoms with van der Waals surface area (Å²) in [5.41, 5.74) is 4.69. The molecule has 0 aliphatic heterocycles. The first-order valence-corrected chi connectivity index (χ1v) is 4.54. The highest BCUT2D eigenvalue weighted by Crippen LogP contribution is 2.12. The lowest BCUT2D eigenvalue weighted by Crippen LogP contribution is -2.51. The molecule has 1 amide bonds. The van der Waals surface area contributed by atoms with E-state index in [-0.39, 0.29) is 5.91 Å². The number of hydrogen-bond acceptors (Lipinski definition) is 3. The van der Waals surface area contributed by atoms with E-state index in [0.717, 1.165) is 25.9 Å². The molecular formula is C9H20N2O2. The largest absolute Gasteiger partial charge is 0.385 e. The predicted molar refractivity (Wildman–Crippen MR) is 52.4 cm³/mol. The Hall–Kier alpha value is -0.610. The molecule has 0 heterocycles. The van der Waals surface area contributed by atoms with Gasteiger partial charge in [-0.3, -0.25) is 4.79 Å². The summed E-state index contributed by atoms with van der Waals surface area (Å²) in [5.74, 6) is -0.299. The molecule has 3 N–H and O–H groups in total. The summed E-state index contributed by atoms with van der Waals surface area (Å²) in [6.07, 6.45) is 2.65. The fourth-order valence-corrected chi connectivity index (χ4v) is 1.10. The normalized spacial score (nSPS) is 15.3. The number of amides is 1. The van der Waals surface area contributed by atoms with Crippen molar-refractivity contribution in [1.82, 2.24) is 5.32 Å². The molecule has 0 bridgehead atoms. The number of rotatable bonds is 7. The van der Waals surface area contributed by atoms with Crippen LogP contribution < -0.4 is 11.1 Å². The number of primary amides is 1. The van der Waals surface area contributed by atoms with Crippen molar-refractivity contribution in [3.05, 3.63) is 0 Å². The molecule has 0 aromatic rings. The summed E-state index contributed by atoms with van der Waals surface area (Å²) in [6.45, 7) is 2.56. The molecule has 0 radical (unpaired) electrons. The summed E-state index contributed by atoms with van der Waals surface area (Å²) >= 11 is 0. The highest BCUT2D eigenvalue weighted by atomic mass is 16.5. The van der Waals surface area contributed by atoms with Crippen LogP contribution in [0.1, 0.15) is 26.2 Å². The molecule has 0 aromatic heterocycles. The zero-order valence-electron chi connectivity index (χ0n) is 8.72. The summed E-state index contributed by atoms with van der Waals surface area (Å²) in [5, 5.41) is 2.94. The molecule has 0 aliphatic carbocycles. The summed E-state index contributed by atoms with van der Waals surface area (Å²) in [4.78, 5) is 11.0. The number of hydrogen-bond donors (Lipinski definition) is 2. The first-order chi connectivity index (χ1) is 6.06. The van der Waals surface area contributed by atoms with E-state index in [0.29, 0.717) is 0 Å². The van der Waals surface area contributed by atoms with E-state index in [2.05, 4.69) is 5.32 Å². The highest BCUT2D eigenvalue weighted by Gasteiger charge is 2.27. The van der Waals surface area contributed by atoms with Gasteiger partial charge in [0.15, 0.2) is 0 Å². The Kier molecular flexibility index (Phi) is 5.66. The van der Waals surface area contributed by atoms with Gasteiger partial charge < -0.3 is 15.8 Å². The van der Waals surface area contributed by atoms with E-state index < -0.39 is 5.54 Å². The number of carbonyl (C=O) groups is 1. The topological polar surface area (TPSA) is 64.3 Å². The molecule has 0 aliphatic rings. The van der Waals surface area contributed by atoms with Crippen molar-refractivity contribution in [2.45, 2.75) is 31.7 Å². The molecule has 4 heteroatoms. The monoisotopic (exact) mass is 188 g/mol. The first kappa shape index (κ1) is 12.4. The van der Waals surface area contributed by atoms with E-state index >= 15 is 0 Å². The summed E-state index contributed by atoms with van der Waals surface area (Å²) in [6, 6.07) is 0. The smallest absolute Gasteiger partial charge is 0.237 e. The fourth-order valence-electron chi connectivity index (χ4n) is 1.10. The SMILES string of the molecule is CNC(C)(CCCCOC)C(N)=O. The van der Waals surface area contributed by atoms with Gasteiger partial charge in [0.2, 0.25) is 5.91 Å². The minimum Gasteiger partial charge on any atom is -0.385 e. The Balaban J connectivity index is 3.78. The van der Waals surface area contributed by atoms with Gasteiger partial charge in [0.1, 0.15) is 0 Å². The molecule has 0 aromatic carbocycles. The van der Waals surface area contributed by atoms with Crippen LogP contribution in [0.4, 0.5) is 0 Å². The van der Waals surface area contributed by atoms with Gasteiger partial charge in [-0.2, -0.15) is 0 Å². The van der Waals surface area contributed by atoms with Gasteiger partial charge in [0, 0.05) is 13.7 Å². The Morgan fingerprint density at radius 3 is 2.54 bits per heavy atom. The number of likely N-dealkylation sites (N-methyl/N-ethyl adjacent to an activating group) is 1. The predicted octanol–water partition coefficient (Wildman–Crippen LogP) is 0.267. The highest BCUT2D eigenvalue weighted by molar-refractivity contribution is 5.84. The number of nitrogens with one attached hydrogen (secondary N) is 1. The third-order valence-electron chi connectivity index (χ3n) is 2.37. The Morgan fingerprint density at radius 2 is 2.15 bits per heavy atom. The number of carbonyl (C=O) groups excluding carboxylic acids is 1. The van der Waals surface area contributed by atoms with E-state index in [4.69, 9.17) is 10.5 Å². The molecule has 1 atom stereocenters. The second-order valence-electron chi connectivity index (χ2n) is 3.40. The minimum absolute atomic E-state index is 0.299. The number of nitrogens with two attached hydrogens (primary N) is 1. The van der Waals surface area contributed by atoms with Gasteiger partial charge in [0.25, 0.3) is 0 Å². The summed E-state index contributed by atoms with van der Waals surface area (Å²) in [7, 11) is 3.42. The van der Waals surface area contributed by atoms with E-state index in [9.17, 15) is 4.79 Å². The van der Waals surface area contributed by atoms with Crippen molar-refractivity contribution < 1.29 is 9.53 Å². The van der Waals surface area contributed by atoms with Gasteiger partial charge in [-0.05, 0) is 33.2 Å². The van der Waals surface area contributed by atoms with E-state index in [1.807, 2.05) is 6.92 Å². The molecule has 78 valence electrons. The molecule has 1 unspecified atom stereocenters. The van der Waals surface area contributed by atoms with Crippen LogP contribution in [-0.2, 0) is 9.53 Å². The Morgan fingerprint density at radius 1 is 1.54 bits per heavy atom. The van der Waals surface area contributed by atoms with Crippen LogP contribution in [-0.4, -0.2) is 32.2 Å². The van der Waals surface area contributed by atoms with Gasteiger partial charge in [-0.1, -0.05) is 0 Å². The van der Waals surface area contributed by atoms with Crippen molar-refractivity contribution in [2.24, 2.45) is 5.73 Å². The van der Waals surface area contributed by atoms with Crippen molar-refractivity contribution in [3.63, 3.8) is 0 Å². The Labute approximate surface area is 79.8 Å². The zero-order valence-corrected chi connectivity index (χ0v) is 8.72. The van der Waals surface area contributed by atoms with Crippen LogP contribution in [0.5, 0.6) is 0 Å². The lowest BCUT2D eigenvalue weighted by atomic mass is 9.94. The minimum atomic E-state index is -0.576. The van der Waals surface area contributed by atoms with Crippen molar-refractivity contribution >= 4 is 5.91 Å². The lowest BCUT2D eigenvalue weighted by molar-refractivity contribution is -0.123. The zero-order chi connectivity index (χ0) is 10.3. The fraction of sp³-hybridized carbons (Fsp3) is 0.889. The van der Waals surface area contributed by atoms with Crippen LogP contribution in [0.2, 0.25) is 0 Å². The maximum atomic E-state index is 11.0. The maximum absolute atomic E-state index is 11.0. The van der Waals surface area contributed by atoms with Gasteiger partial charge in [-0.15, -0.1) is 0 Å². The third kappa shape index (κ3) is 4.24. The van der Waals surface area contributed by atoms with Gasteiger partial charge in [-0.25, -0.2) is 0 Å². The van der Waals surface area contributed by atoms with Gasteiger partial charge >= 0.3 is 0 Å². The van der Waals surface area contributed by atoms with Crippen LogP contribution in [0.3, 0.4) is 0 Å². The standard InChI is InChI=1S/C9H20N2O2/c1-9(11-2,8(10)12)6-4-5-7-13-3/h11H,4-7H2,1-3H3,(H2,10,12). The van der Waals surface area contributed by atoms with Crippen molar-refractivity contribution in [3.8, 4) is 0 Å². The maximum Gasteiger partial charge on any atom is 0.237 e. The van der Waals surface area contributed by atoms with E-state index in [1.165, 1.54) is 0 Å². The lowest BCUT2D eigenvalue weighted by Gasteiger charge is -2.25. The van der Waals surface area contributed by atoms with E-state index in [1.54, 1.807) is 14.2 Å². The van der Waals surface area contributed by atoms with Crippen LogP contribution in [0.25, 0.3) is 0 Å². The number of ether oxygens (including phenoxy) is 1. The second kappa shape index (κ2) is 5.94. The molecular weight excluding hydrogens is 168 g/mol. The number of unbranched alkanes of at least 4 members (excludes halogenated alkanes) is 1. The molecule has 0 rings (SSSR count). The van der Waals surface area contributed by atoms with Crippen LogP contribution in [0, 0.1) is 0 Å². The first-order valence-electron chi connectivity index (χ1n) is 4.54. The molecule has 0 fully saturated rings. The molecule has 0 spiro atoms. The van der Waals surface area contributed by atoms with Crippen molar-refractivity contribution in [1.29, 1.82) is 0 Å². The van der Waals surface area contributed by atoms with Gasteiger partial charge in [0.05, 0.1) is 5.54 Å². The molecule has 0 saturated carbocycles. The number of methoxy groups -OCH3 is 1.